The summed E-state index contributed by atoms with van der Waals surface area (Å²) in [5, 5.41) is 21.4. The lowest BCUT2D eigenvalue weighted by Crippen LogP contribution is -2.10. The summed E-state index contributed by atoms with van der Waals surface area (Å²) in [7, 11) is 1.67. The Hall–Kier alpha value is -2.34. The van der Waals surface area contributed by atoms with Crippen LogP contribution < -0.4 is 0 Å². The van der Waals surface area contributed by atoms with Gasteiger partial charge in [-0.05, 0) is 32.9 Å². The summed E-state index contributed by atoms with van der Waals surface area (Å²) in [6.07, 6.45) is 0. The minimum atomic E-state index is -0.343. The van der Waals surface area contributed by atoms with Gasteiger partial charge < -0.3 is 14.4 Å². The summed E-state index contributed by atoms with van der Waals surface area (Å²) in [5.74, 6) is 0.0168. The van der Waals surface area contributed by atoms with Crippen molar-refractivity contribution < 1.29 is 9.84 Å². The summed E-state index contributed by atoms with van der Waals surface area (Å²) in [4.78, 5) is 9.12. The van der Waals surface area contributed by atoms with Crippen molar-refractivity contribution in [3.8, 4) is 6.07 Å². The van der Waals surface area contributed by atoms with Crippen molar-refractivity contribution in [2.24, 2.45) is 0 Å². The molecule has 0 fully saturated rings. The van der Waals surface area contributed by atoms with Gasteiger partial charge in [-0.2, -0.15) is 5.26 Å². The molecule has 3 aromatic rings. The van der Waals surface area contributed by atoms with E-state index in [1.807, 2.05) is 45.0 Å². The smallest absolute Gasteiger partial charge is 0.169 e. The number of aliphatic hydroxyl groups is 1. The van der Waals surface area contributed by atoms with E-state index in [2.05, 4.69) is 20.6 Å². The second-order valence-electron chi connectivity index (χ2n) is 6.33. The van der Waals surface area contributed by atoms with Crippen LogP contribution in [0.5, 0.6) is 0 Å². The fourth-order valence-corrected chi connectivity index (χ4v) is 4.83. The van der Waals surface area contributed by atoms with Gasteiger partial charge in [-0.3, -0.25) is 0 Å². The number of nitrogens with zero attached hydrogens (tertiary/aromatic N) is 4. The standard InChI is InChI=1S/C20H22N4O2S2/c1-12-13(2)24(9-10-26-4)20(22-12)27-14(3)18(25)15(11-21)19-23-16-7-5-6-8-17(16)28-19/h5-8,14,25H,9-10H2,1-4H3/b18-15-. The number of thiazole rings is 1. The Morgan fingerprint density at radius 3 is 2.79 bits per heavy atom. The number of fused-ring (bicyclic) bond motifs is 1. The molecule has 28 heavy (non-hydrogen) atoms. The number of benzene rings is 1. The second-order valence-corrected chi connectivity index (χ2v) is 8.67. The Balaban J connectivity index is 1.91. The molecule has 1 atom stereocenters. The molecule has 0 saturated heterocycles. The van der Waals surface area contributed by atoms with E-state index in [0.29, 0.717) is 18.2 Å². The highest BCUT2D eigenvalue weighted by atomic mass is 32.2. The third kappa shape index (κ3) is 4.07. The lowest BCUT2D eigenvalue weighted by Gasteiger charge is -2.14. The first kappa shape index (κ1) is 20.4. The number of rotatable bonds is 7. The molecule has 0 radical (unpaired) electrons. The normalized spacial score (nSPS) is 13.4. The van der Waals surface area contributed by atoms with Crippen molar-refractivity contribution in [3.63, 3.8) is 0 Å². The van der Waals surface area contributed by atoms with Crippen molar-refractivity contribution >= 4 is 38.9 Å². The molecule has 6 nitrogen and oxygen atoms in total. The number of thioether (sulfide) groups is 1. The van der Waals surface area contributed by atoms with Crippen molar-refractivity contribution in [2.45, 2.75) is 37.7 Å². The second kappa shape index (κ2) is 8.78. The maximum Gasteiger partial charge on any atom is 0.169 e. The lowest BCUT2D eigenvalue weighted by atomic mass is 10.2. The number of allylic oxidation sites excluding steroid dienone is 1. The number of ether oxygens (including phenoxy) is 1. The van der Waals surface area contributed by atoms with E-state index < -0.39 is 0 Å². The highest BCUT2D eigenvalue weighted by Gasteiger charge is 2.22. The molecule has 1 unspecified atom stereocenters. The summed E-state index contributed by atoms with van der Waals surface area (Å²) in [6.45, 7) is 7.11. The van der Waals surface area contributed by atoms with Crippen LogP contribution in [0.4, 0.5) is 0 Å². The largest absolute Gasteiger partial charge is 0.510 e. The molecule has 2 aromatic heterocycles. The van der Waals surface area contributed by atoms with E-state index in [9.17, 15) is 10.4 Å². The molecule has 0 spiro atoms. The van der Waals surface area contributed by atoms with Crippen molar-refractivity contribution in [3.05, 3.63) is 46.4 Å². The SMILES string of the molecule is COCCn1c(SC(C)/C(O)=C(\C#N)c2nc3ccccc3s2)nc(C)c1C. The highest BCUT2D eigenvalue weighted by Crippen LogP contribution is 2.33. The van der Waals surface area contributed by atoms with Crippen molar-refractivity contribution in [1.82, 2.24) is 14.5 Å². The molecule has 0 saturated carbocycles. The number of methoxy groups -OCH3 is 1. The lowest BCUT2D eigenvalue weighted by molar-refractivity contribution is 0.184. The van der Waals surface area contributed by atoms with Gasteiger partial charge in [0.15, 0.2) is 5.16 Å². The first-order valence-corrected chi connectivity index (χ1v) is 10.5. The minimum absolute atomic E-state index is 0.0168. The van der Waals surface area contributed by atoms with E-state index in [1.54, 1.807) is 7.11 Å². The zero-order valence-corrected chi connectivity index (χ0v) is 17.9. The van der Waals surface area contributed by atoms with Crippen molar-refractivity contribution in [1.29, 1.82) is 5.26 Å². The molecule has 3 rings (SSSR count). The predicted octanol–water partition coefficient (Wildman–Crippen LogP) is 4.73. The number of hydrogen-bond donors (Lipinski definition) is 1. The van der Waals surface area contributed by atoms with Gasteiger partial charge in [0.05, 0.1) is 27.8 Å². The number of aliphatic hydroxyl groups excluding tert-OH is 1. The number of aromatic nitrogens is 3. The van der Waals surface area contributed by atoms with Gasteiger partial charge in [-0.15, -0.1) is 11.3 Å². The summed E-state index contributed by atoms with van der Waals surface area (Å²) < 4.78 is 8.26. The van der Waals surface area contributed by atoms with E-state index in [-0.39, 0.29) is 16.6 Å². The van der Waals surface area contributed by atoms with Crippen LogP contribution in [0, 0.1) is 25.2 Å². The zero-order valence-electron chi connectivity index (χ0n) is 16.3. The van der Waals surface area contributed by atoms with Gasteiger partial charge in [0.1, 0.15) is 22.4 Å². The molecule has 1 aromatic carbocycles. The minimum Gasteiger partial charge on any atom is -0.510 e. The van der Waals surface area contributed by atoms with Crippen LogP contribution in [-0.4, -0.2) is 38.6 Å². The Morgan fingerprint density at radius 1 is 1.36 bits per heavy atom. The molecular weight excluding hydrogens is 392 g/mol. The van der Waals surface area contributed by atoms with Crippen molar-refractivity contribution in [2.75, 3.05) is 13.7 Å². The molecular formula is C20H22N4O2S2. The van der Waals surface area contributed by atoms with Crippen LogP contribution in [0.25, 0.3) is 15.8 Å². The first-order chi connectivity index (χ1) is 13.5. The summed E-state index contributed by atoms with van der Waals surface area (Å²) >= 11 is 2.83. The Labute approximate surface area is 172 Å². The molecule has 0 aliphatic rings. The number of hydrogen-bond acceptors (Lipinski definition) is 7. The Kier molecular flexibility index (Phi) is 6.39. The van der Waals surface area contributed by atoms with Crippen LogP contribution >= 0.6 is 23.1 Å². The third-order valence-corrected chi connectivity index (χ3v) is 6.64. The molecule has 0 amide bonds. The third-order valence-electron chi connectivity index (χ3n) is 4.48. The van der Waals surface area contributed by atoms with Gasteiger partial charge in [-0.25, -0.2) is 9.97 Å². The molecule has 0 bridgehead atoms. The number of para-hydroxylation sites is 1. The highest BCUT2D eigenvalue weighted by molar-refractivity contribution is 7.99. The number of imidazole rings is 1. The van der Waals surface area contributed by atoms with Crippen LogP contribution in [0.3, 0.4) is 0 Å². The fourth-order valence-electron chi connectivity index (χ4n) is 2.77. The number of nitriles is 1. The van der Waals surface area contributed by atoms with Crippen LogP contribution in [0.1, 0.15) is 23.3 Å². The fraction of sp³-hybridized carbons (Fsp3) is 0.350. The van der Waals surface area contributed by atoms with E-state index in [0.717, 1.165) is 26.8 Å². The number of aryl methyl sites for hydroxylation is 1. The van der Waals surface area contributed by atoms with Crippen LogP contribution in [-0.2, 0) is 11.3 Å². The van der Waals surface area contributed by atoms with Gasteiger partial charge >= 0.3 is 0 Å². The Bertz CT molecular complexity index is 1030. The maximum absolute atomic E-state index is 10.8. The average molecular weight is 415 g/mol. The van der Waals surface area contributed by atoms with E-state index in [1.165, 1.54) is 23.1 Å². The maximum atomic E-state index is 10.8. The quantitative estimate of drug-likeness (QED) is 0.342. The molecule has 146 valence electrons. The van der Waals surface area contributed by atoms with Gasteiger partial charge in [-0.1, -0.05) is 23.9 Å². The van der Waals surface area contributed by atoms with Crippen LogP contribution in [0.15, 0.2) is 35.2 Å². The zero-order chi connectivity index (χ0) is 20.3. The van der Waals surface area contributed by atoms with E-state index in [4.69, 9.17) is 4.74 Å². The van der Waals surface area contributed by atoms with E-state index >= 15 is 0 Å². The average Bonchev–Trinajstić information content (AvgIpc) is 3.22. The predicted molar refractivity (Wildman–Crippen MR) is 114 cm³/mol. The summed E-state index contributed by atoms with van der Waals surface area (Å²) in [5.41, 5.74) is 3.05. The molecule has 0 aliphatic heterocycles. The van der Waals surface area contributed by atoms with Gasteiger partial charge in [0.25, 0.3) is 0 Å². The molecule has 0 aliphatic carbocycles. The van der Waals surface area contributed by atoms with Gasteiger partial charge in [0, 0.05) is 19.3 Å². The molecule has 1 N–H and O–H groups in total. The van der Waals surface area contributed by atoms with Gasteiger partial charge in [0.2, 0.25) is 0 Å². The monoisotopic (exact) mass is 414 g/mol. The van der Waals surface area contributed by atoms with Crippen LogP contribution in [0.2, 0.25) is 0 Å². The molecule has 2 heterocycles. The molecule has 8 heteroatoms. The topological polar surface area (TPSA) is 84.0 Å². The Morgan fingerprint density at radius 2 is 2.11 bits per heavy atom. The summed E-state index contributed by atoms with van der Waals surface area (Å²) in [6, 6.07) is 9.83. The first-order valence-electron chi connectivity index (χ1n) is 8.84.